The molecule has 2 heteroatoms. The van der Waals surface area contributed by atoms with Crippen molar-refractivity contribution in [3.8, 4) is 0 Å². The molecular formula is C16H16N2. The lowest BCUT2D eigenvalue weighted by Crippen LogP contribution is -1.96. The molecule has 3 aromatic rings. The van der Waals surface area contributed by atoms with E-state index in [0.29, 0.717) is 0 Å². The van der Waals surface area contributed by atoms with Gasteiger partial charge in [0.2, 0.25) is 0 Å². The van der Waals surface area contributed by atoms with Gasteiger partial charge in [0.25, 0.3) is 0 Å². The minimum atomic E-state index is 0.994. The average molecular weight is 236 g/mol. The molecule has 0 spiro atoms. The Hall–Kier alpha value is -1.96. The highest BCUT2D eigenvalue weighted by Gasteiger charge is 2.05. The monoisotopic (exact) mass is 236 g/mol. The first-order valence-corrected chi connectivity index (χ1v) is 6.48. The Kier molecular flexibility index (Phi) is 2.71. The van der Waals surface area contributed by atoms with Gasteiger partial charge in [0.1, 0.15) is 0 Å². The van der Waals surface area contributed by atoms with Gasteiger partial charge in [0.05, 0.1) is 5.52 Å². The van der Waals surface area contributed by atoms with Crippen molar-refractivity contribution < 1.29 is 0 Å². The molecule has 0 radical (unpaired) electrons. The summed E-state index contributed by atoms with van der Waals surface area (Å²) < 4.78 is 0. The number of aromatic nitrogens is 2. The third-order valence-electron chi connectivity index (χ3n) is 3.46. The fourth-order valence-electron chi connectivity index (χ4n) is 2.45. The first kappa shape index (κ1) is 11.1. The van der Waals surface area contributed by atoms with Gasteiger partial charge in [-0.2, -0.15) is 0 Å². The highest BCUT2D eigenvalue weighted by atomic mass is 14.7. The van der Waals surface area contributed by atoms with Crippen LogP contribution in [-0.4, -0.2) is 9.97 Å². The lowest BCUT2D eigenvalue weighted by atomic mass is 10.0. The zero-order valence-corrected chi connectivity index (χ0v) is 10.8. The molecule has 0 fully saturated rings. The van der Waals surface area contributed by atoms with Crippen molar-refractivity contribution in [1.82, 2.24) is 9.97 Å². The van der Waals surface area contributed by atoms with E-state index in [0.717, 1.165) is 18.4 Å². The second-order valence-corrected chi connectivity index (χ2v) is 4.57. The Morgan fingerprint density at radius 3 is 2.61 bits per heavy atom. The Balaban J connectivity index is 2.36. The summed E-state index contributed by atoms with van der Waals surface area (Å²) >= 11 is 0. The van der Waals surface area contributed by atoms with Crippen LogP contribution < -0.4 is 0 Å². The molecule has 2 heterocycles. The van der Waals surface area contributed by atoms with Crippen LogP contribution in [0.3, 0.4) is 0 Å². The van der Waals surface area contributed by atoms with E-state index in [4.69, 9.17) is 4.98 Å². The van der Waals surface area contributed by atoms with Gasteiger partial charge < -0.3 is 0 Å². The summed E-state index contributed by atoms with van der Waals surface area (Å²) in [5, 5.41) is 3.60. The molecule has 0 bridgehead atoms. The third-order valence-corrected chi connectivity index (χ3v) is 3.46. The minimum Gasteiger partial charge on any atom is -0.264 e. The van der Waals surface area contributed by atoms with Crippen molar-refractivity contribution in [2.24, 2.45) is 0 Å². The molecule has 1 aromatic carbocycles. The molecular weight excluding hydrogens is 220 g/mol. The summed E-state index contributed by atoms with van der Waals surface area (Å²) in [6, 6.07) is 8.65. The van der Waals surface area contributed by atoms with E-state index in [1.54, 1.807) is 0 Å². The van der Waals surface area contributed by atoms with Crippen LogP contribution in [0, 0.1) is 0 Å². The van der Waals surface area contributed by atoms with Crippen LogP contribution in [0.1, 0.15) is 25.1 Å². The molecule has 0 unspecified atom stereocenters. The molecule has 0 saturated heterocycles. The molecule has 0 atom stereocenters. The van der Waals surface area contributed by atoms with Gasteiger partial charge in [-0.15, -0.1) is 0 Å². The number of nitrogens with zero attached hydrogens (tertiary/aromatic N) is 2. The van der Waals surface area contributed by atoms with Gasteiger partial charge in [-0.05, 0) is 48.1 Å². The number of rotatable bonds is 2. The van der Waals surface area contributed by atoms with E-state index < -0.39 is 0 Å². The Labute approximate surface area is 107 Å². The van der Waals surface area contributed by atoms with Gasteiger partial charge in [-0.3, -0.25) is 9.97 Å². The first-order chi connectivity index (χ1) is 8.81. The highest BCUT2D eigenvalue weighted by molar-refractivity contribution is 5.96. The lowest BCUT2D eigenvalue weighted by Gasteiger charge is -2.08. The van der Waals surface area contributed by atoms with E-state index in [1.807, 2.05) is 18.5 Å². The number of aryl methyl sites for hydroxylation is 2. The molecule has 0 saturated carbocycles. The highest BCUT2D eigenvalue weighted by Crippen LogP contribution is 2.23. The summed E-state index contributed by atoms with van der Waals surface area (Å²) in [6.07, 6.45) is 5.77. The smallest absolute Gasteiger partial charge is 0.0711 e. The van der Waals surface area contributed by atoms with Gasteiger partial charge in [0.15, 0.2) is 0 Å². The Morgan fingerprint density at radius 1 is 0.944 bits per heavy atom. The quantitative estimate of drug-likeness (QED) is 0.630. The topological polar surface area (TPSA) is 25.8 Å². The number of fused-ring (bicyclic) bond motifs is 2. The summed E-state index contributed by atoms with van der Waals surface area (Å²) in [5.74, 6) is 0. The van der Waals surface area contributed by atoms with E-state index in [9.17, 15) is 0 Å². The van der Waals surface area contributed by atoms with Crippen molar-refractivity contribution in [2.45, 2.75) is 26.7 Å². The number of hydrogen-bond donors (Lipinski definition) is 0. The van der Waals surface area contributed by atoms with Crippen molar-refractivity contribution in [3.63, 3.8) is 0 Å². The van der Waals surface area contributed by atoms with E-state index in [2.05, 4.69) is 37.0 Å². The predicted octanol–water partition coefficient (Wildman–Crippen LogP) is 3.91. The van der Waals surface area contributed by atoms with Crippen LogP contribution in [0.5, 0.6) is 0 Å². The second kappa shape index (κ2) is 4.37. The standard InChI is InChI=1S/C16H16N2/c1-3-11-7-13-8-14-10-17-6-5-12(14)9-16(13)18-15(11)4-2/h5-10H,3-4H2,1-2H3. The molecule has 2 aromatic heterocycles. The van der Waals surface area contributed by atoms with E-state index in [-0.39, 0.29) is 0 Å². The molecule has 0 amide bonds. The van der Waals surface area contributed by atoms with Gasteiger partial charge in [-0.1, -0.05) is 13.8 Å². The maximum absolute atomic E-state index is 4.79. The Bertz CT molecular complexity index is 655. The summed E-state index contributed by atoms with van der Waals surface area (Å²) in [5.41, 5.74) is 3.66. The van der Waals surface area contributed by atoms with Crippen molar-refractivity contribution in [2.75, 3.05) is 0 Å². The number of hydrogen-bond acceptors (Lipinski definition) is 2. The van der Waals surface area contributed by atoms with Crippen molar-refractivity contribution in [1.29, 1.82) is 0 Å². The maximum Gasteiger partial charge on any atom is 0.0711 e. The van der Waals surface area contributed by atoms with Crippen LogP contribution >= 0.6 is 0 Å². The molecule has 90 valence electrons. The summed E-state index contributed by atoms with van der Waals surface area (Å²) in [4.78, 5) is 8.97. The predicted molar refractivity (Wildman–Crippen MR) is 75.8 cm³/mol. The SMILES string of the molecule is CCc1cc2cc3cnccc3cc2nc1CC. The van der Waals surface area contributed by atoms with E-state index >= 15 is 0 Å². The van der Waals surface area contributed by atoms with Crippen molar-refractivity contribution in [3.05, 3.63) is 47.9 Å². The van der Waals surface area contributed by atoms with Gasteiger partial charge in [0, 0.05) is 28.9 Å². The molecule has 0 aliphatic carbocycles. The van der Waals surface area contributed by atoms with E-state index in [1.165, 1.54) is 27.4 Å². The normalized spacial score (nSPS) is 11.2. The average Bonchev–Trinajstić information content (AvgIpc) is 2.43. The van der Waals surface area contributed by atoms with Gasteiger partial charge in [-0.25, -0.2) is 0 Å². The van der Waals surface area contributed by atoms with Gasteiger partial charge >= 0.3 is 0 Å². The van der Waals surface area contributed by atoms with Crippen LogP contribution in [-0.2, 0) is 12.8 Å². The summed E-state index contributed by atoms with van der Waals surface area (Å²) in [7, 11) is 0. The lowest BCUT2D eigenvalue weighted by molar-refractivity contribution is 0.982. The molecule has 0 aliphatic heterocycles. The zero-order valence-electron chi connectivity index (χ0n) is 10.8. The number of pyridine rings is 2. The maximum atomic E-state index is 4.79. The second-order valence-electron chi connectivity index (χ2n) is 4.57. The first-order valence-electron chi connectivity index (χ1n) is 6.48. The van der Waals surface area contributed by atoms with Crippen LogP contribution in [0.25, 0.3) is 21.7 Å². The zero-order chi connectivity index (χ0) is 12.5. The molecule has 3 rings (SSSR count). The summed E-state index contributed by atoms with van der Waals surface area (Å²) in [6.45, 7) is 4.35. The fraction of sp³-hybridized carbons (Fsp3) is 0.250. The molecule has 18 heavy (non-hydrogen) atoms. The third kappa shape index (κ3) is 1.74. The Morgan fingerprint density at radius 2 is 1.83 bits per heavy atom. The molecule has 2 nitrogen and oxygen atoms in total. The minimum absolute atomic E-state index is 0.994. The van der Waals surface area contributed by atoms with Crippen molar-refractivity contribution >= 4 is 21.7 Å². The fourth-order valence-corrected chi connectivity index (χ4v) is 2.45. The molecule has 0 aliphatic rings. The van der Waals surface area contributed by atoms with Crippen LogP contribution in [0.4, 0.5) is 0 Å². The largest absolute Gasteiger partial charge is 0.264 e. The van der Waals surface area contributed by atoms with Crippen LogP contribution in [0.2, 0.25) is 0 Å². The molecule has 0 N–H and O–H groups in total. The van der Waals surface area contributed by atoms with Crippen LogP contribution in [0.15, 0.2) is 36.7 Å². The number of benzene rings is 1.